The Kier molecular flexibility index (Phi) is 5.74. The number of carbonyl (C=O) groups is 2. The molecule has 3 rings (SSSR count). The summed E-state index contributed by atoms with van der Waals surface area (Å²) >= 11 is 0. The molecule has 144 valence electrons. The number of phenolic OH excluding ortho intramolecular Hbond substituents is 1. The fourth-order valence-corrected chi connectivity index (χ4v) is 2.76. The Hall–Kier alpha value is -3.61. The molecule has 0 radical (unpaired) electrons. The highest BCUT2D eigenvalue weighted by Crippen LogP contribution is 2.31. The van der Waals surface area contributed by atoms with Crippen molar-refractivity contribution in [2.75, 3.05) is 18.5 Å². The van der Waals surface area contributed by atoms with Crippen molar-refractivity contribution < 1.29 is 24.2 Å². The maximum absolute atomic E-state index is 12.4. The number of benzene rings is 2. The van der Waals surface area contributed by atoms with E-state index >= 15 is 0 Å². The van der Waals surface area contributed by atoms with Gasteiger partial charge in [-0.1, -0.05) is 6.07 Å². The van der Waals surface area contributed by atoms with Gasteiger partial charge in [0.25, 0.3) is 0 Å². The number of ether oxygens (including phenoxy) is 2. The van der Waals surface area contributed by atoms with Crippen LogP contribution in [0.25, 0.3) is 10.9 Å². The fourth-order valence-electron chi connectivity index (χ4n) is 2.76. The molecule has 0 saturated heterocycles. The molecule has 0 amide bonds. The first-order valence-electron chi connectivity index (χ1n) is 8.86. The molecule has 1 heterocycles. The molecular formula is C21H20N2O5. The second kappa shape index (κ2) is 8.39. The van der Waals surface area contributed by atoms with E-state index in [-0.39, 0.29) is 24.5 Å². The third-order valence-corrected chi connectivity index (χ3v) is 3.99. The number of hydrogen-bond acceptors (Lipinski definition) is 7. The van der Waals surface area contributed by atoms with E-state index in [0.29, 0.717) is 27.8 Å². The highest BCUT2D eigenvalue weighted by molar-refractivity contribution is 6.07. The second-order valence-corrected chi connectivity index (χ2v) is 5.90. The lowest BCUT2D eigenvalue weighted by Gasteiger charge is -2.15. The monoisotopic (exact) mass is 380 g/mol. The molecule has 1 aromatic heterocycles. The molecule has 0 bridgehead atoms. The number of aromatic nitrogens is 1. The van der Waals surface area contributed by atoms with Crippen molar-refractivity contribution in [2.24, 2.45) is 0 Å². The van der Waals surface area contributed by atoms with Crippen LogP contribution in [-0.4, -0.2) is 35.2 Å². The lowest BCUT2D eigenvalue weighted by Crippen LogP contribution is -2.10. The summed E-state index contributed by atoms with van der Waals surface area (Å²) in [7, 11) is 0. The summed E-state index contributed by atoms with van der Waals surface area (Å²) in [4.78, 5) is 28.9. The Balaban J connectivity index is 2.18. The maximum Gasteiger partial charge on any atom is 0.341 e. The van der Waals surface area contributed by atoms with Crippen LogP contribution in [0.5, 0.6) is 5.75 Å². The largest absolute Gasteiger partial charge is 0.508 e. The Morgan fingerprint density at radius 1 is 1.04 bits per heavy atom. The van der Waals surface area contributed by atoms with Crippen molar-refractivity contribution in [3.05, 3.63) is 59.8 Å². The van der Waals surface area contributed by atoms with Crippen LogP contribution < -0.4 is 5.32 Å². The van der Waals surface area contributed by atoms with Crippen molar-refractivity contribution in [2.45, 2.75) is 13.8 Å². The number of esters is 2. The quantitative estimate of drug-likeness (QED) is 0.623. The number of pyridine rings is 1. The van der Waals surface area contributed by atoms with Gasteiger partial charge in [0.2, 0.25) is 0 Å². The van der Waals surface area contributed by atoms with E-state index in [4.69, 9.17) is 9.47 Å². The van der Waals surface area contributed by atoms with Crippen molar-refractivity contribution in [3.63, 3.8) is 0 Å². The normalized spacial score (nSPS) is 10.5. The zero-order chi connectivity index (χ0) is 20.1. The Bertz CT molecular complexity index is 1030. The van der Waals surface area contributed by atoms with E-state index in [1.54, 1.807) is 50.2 Å². The van der Waals surface area contributed by atoms with Gasteiger partial charge in [-0.15, -0.1) is 0 Å². The number of phenols is 1. The Morgan fingerprint density at radius 3 is 2.50 bits per heavy atom. The van der Waals surface area contributed by atoms with Crippen molar-refractivity contribution in [3.8, 4) is 5.75 Å². The van der Waals surface area contributed by atoms with Crippen molar-refractivity contribution in [1.82, 2.24) is 4.98 Å². The molecule has 7 heteroatoms. The van der Waals surface area contributed by atoms with E-state index in [1.165, 1.54) is 12.3 Å². The summed E-state index contributed by atoms with van der Waals surface area (Å²) in [5.74, 6) is -0.927. The Labute approximate surface area is 161 Å². The number of anilines is 2. The number of aromatic hydroxyl groups is 1. The first-order chi connectivity index (χ1) is 13.5. The molecule has 0 saturated carbocycles. The molecule has 0 atom stereocenters. The third kappa shape index (κ3) is 4.03. The van der Waals surface area contributed by atoms with Gasteiger partial charge in [0.15, 0.2) is 0 Å². The third-order valence-electron chi connectivity index (χ3n) is 3.99. The molecule has 0 fully saturated rings. The summed E-state index contributed by atoms with van der Waals surface area (Å²) in [6.07, 6.45) is 1.43. The fraction of sp³-hybridized carbons (Fsp3) is 0.190. The summed E-state index contributed by atoms with van der Waals surface area (Å²) in [5, 5.41) is 13.4. The molecule has 0 aliphatic heterocycles. The van der Waals surface area contributed by atoms with E-state index in [9.17, 15) is 14.7 Å². The molecule has 28 heavy (non-hydrogen) atoms. The lowest BCUT2D eigenvalue weighted by atomic mass is 10.1. The molecule has 0 spiro atoms. The van der Waals surface area contributed by atoms with Gasteiger partial charge in [-0.3, -0.25) is 4.98 Å². The van der Waals surface area contributed by atoms with Gasteiger partial charge < -0.3 is 19.9 Å². The minimum atomic E-state index is -0.541. The lowest BCUT2D eigenvalue weighted by molar-refractivity contribution is 0.0518. The van der Waals surface area contributed by atoms with Crippen LogP contribution in [0.4, 0.5) is 11.4 Å². The van der Waals surface area contributed by atoms with Crippen LogP contribution in [0.3, 0.4) is 0 Å². The number of hydrogen-bond donors (Lipinski definition) is 2. The molecule has 3 aromatic rings. The van der Waals surface area contributed by atoms with Crippen molar-refractivity contribution in [1.29, 1.82) is 0 Å². The summed E-state index contributed by atoms with van der Waals surface area (Å²) in [6.45, 7) is 3.92. The van der Waals surface area contributed by atoms with E-state index < -0.39 is 11.9 Å². The summed E-state index contributed by atoms with van der Waals surface area (Å²) in [5.41, 5.74) is 2.15. The SMILES string of the molecule is CCOC(=O)c1ccc2ncc(C(=O)OCC)c(Nc3cccc(O)c3)c2c1. The predicted molar refractivity (Wildman–Crippen MR) is 105 cm³/mol. The first-order valence-corrected chi connectivity index (χ1v) is 8.86. The predicted octanol–water partition coefficient (Wildman–Crippen LogP) is 4.04. The van der Waals surface area contributed by atoms with Crippen molar-refractivity contribution >= 4 is 34.2 Å². The molecule has 0 aliphatic rings. The van der Waals surface area contributed by atoms with Crippen LogP contribution in [0.15, 0.2) is 48.7 Å². The van der Waals surface area contributed by atoms with Gasteiger partial charge in [0.05, 0.1) is 30.0 Å². The molecular weight excluding hydrogens is 360 g/mol. The van der Waals surface area contributed by atoms with Gasteiger partial charge in [0, 0.05) is 23.3 Å². The highest BCUT2D eigenvalue weighted by Gasteiger charge is 2.19. The average molecular weight is 380 g/mol. The van der Waals surface area contributed by atoms with Crippen LogP contribution in [0.1, 0.15) is 34.6 Å². The van der Waals surface area contributed by atoms with Crippen LogP contribution in [0, 0.1) is 0 Å². The number of rotatable bonds is 6. The first kappa shape index (κ1) is 19.2. The summed E-state index contributed by atoms with van der Waals surface area (Å²) in [6, 6.07) is 11.4. The van der Waals surface area contributed by atoms with E-state index in [0.717, 1.165) is 0 Å². The standard InChI is InChI=1S/C21H20N2O5/c1-3-27-20(25)13-8-9-18-16(10-13)19(17(12-22-18)21(26)28-4-2)23-14-6-5-7-15(24)11-14/h5-12,24H,3-4H2,1-2H3,(H,22,23). The van der Waals surface area contributed by atoms with Gasteiger partial charge in [-0.2, -0.15) is 0 Å². The molecule has 0 aliphatic carbocycles. The molecule has 2 N–H and O–H groups in total. The topological polar surface area (TPSA) is 97.8 Å². The smallest absolute Gasteiger partial charge is 0.341 e. The summed E-state index contributed by atoms with van der Waals surface area (Å²) < 4.78 is 10.2. The minimum Gasteiger partial charge on any atom is -0.508 e. The number of carbonyl (C=O) groups excluding carboxylic acids is 2. The number of nitrogens with one attached hydrogen (secondary N) is 1. The average Bonchev–Trinajstić information content (AvgIpc) is 2.68. The molecule has 7 nitrogen and oxygen atoms in total. The number of nitrogens with zero attached hydrogens (tertiary/aromatic N) is 1. The zero-order valence-corrected chi connectivity index (χ0v) is 15.6. The maximum atomic E-state index is 12.4. The molecule has 2 aromatic carbocycles. The van der Waals surface area contributed by atoms with Crippen LogP contribution >= 0.6 is 0 Å². The van der Waals surface area contributed by atoms with Gasteiger partial charge in [0.1, 0.15) is 11.3 Å². The van der Waals surface area contributed by atoms with Gasteiger partial charge >= 0.3 is 11.9 Å². The van der Waals surface area contributed by atoms with Crippen LogP contribution in [-0.2, 0) is 9.47 Å². The minimum absolute atomic E-state index is 0.0771. The number of fused-ring (bicyclic) bond motifs is 1. The molecule has 0 unspecified atom stereocenters. The van der Waals surface area contributed by atoms with Crippen LogP contribution in [0.2, 0.25) is 0 Å². The second-order valence-electron chi connectivity index (χ2n) is 5.90. The van der Waals surface area contributed by atoms with Gasteiger partial charge in [-0.25, -0.2) is 9.59 Å². The zero-order valence-electron chi connectivity index (χ0n) is 15.6. The van der Waals surface area contributed by atoms with E-state index in [2.05, 4.69) is 10.3 Å². The van der Waals surface area contributed by atoms with E-state index in [1.807, 2.05) is 0 Å². The highest BCUT2D eigenvalue weighted by atomic mass is 16.5. The Morgan fingerprint density at radius 2 is 1.79 bits per heavy atom. The van der Waals surface area contributed by atoms with Gasteiger partial charge in [-0.05, 0) is 44.2 Å².